The highest BCUT2D eigenvalue weighted by atomic mass is 79.9. The van der Waals surface area contributed by atoms with E-state index in [9.17, 15) is 8.42 Å². The average molecular weight is 332 g/mol. The summed E-state index contributed by atoms with van der Waals surface area (Å²) in [6.45, 7) is 1.89. The average Bonchev–Trinajstić information content (AvgIpc) is 2.30. The Morgan fingerprint density at radius 3 is 2.72 bits per heavy atom. The summed E-state index contributed by atoms with van der Waals surface area (Å²) in [5.41, 5.74) is 0.386. The Balaban J connectivity index is 2.63. The maximum Gasteiger partial charge on any atom is 0.153 e. The molecule has 1 rings (SSSR count). The van der Waals surface area contributed by atoms with Crippen molar-refractivity contribution in [1.29, 1.82) is 5.26 Å². The van der Waals surface area contributed by atoms with Gasteiger partial charge in [-0.1, -0.05) is 22.9 Å². The van der Waals surface area contributed by atoms with Crippen LogP contribution in [0.2, 0.25) is 0 Å². The number of nitrogens with zero attached hydrogens (tertiary/aromatic N) is 1. The van der Waals surface area contributed by atoms with E-state index in [1.54, 1.807) is 18.2 Å². The van der Waals surface area contributed by atoms with Crippen LogP contribution in [-0.2, 0) is 9.84 Å². The number of hydrogen-bond acceptors (Lipinski definition) is 4. The van der Waals surface area contributed by atoms with Crippen LogP contribution in [0.1, 0.15) is 18.9 Å². The second kappa shape index (κ2) is 6.76. The highest BCUT2D eigenvalue weighted by Crippen LogP contribution is 2.22. The lowest BCUT2D eigenvalue weighted by atomic mass is 10.2. The van der Waals surface area contributed by atoms with E-state index in [-0.39, 0.29) is 18.1 Å². The molecule has 1 aromatic rings. The molecule has 18 heavy (non-hydrogen) atoms. The van der Waals surface area contributed by atoms with E-state index >= 15 is 0 Å². The van der Waals surface area contributed by atoms with Crippen molar-refractivity contribution in [3.05, 3.63) is 28.2 Å². The van der Waals surface area contributed by atoms with Crippen LogP contribution < -0.4 is 4.74 Å². The van der Waals surface area contributed by atoms with E-state index in [1.807, 2.05) is 13.0 Å². The summed E-state index contributed by atoms with van der Waals surface area (Å²) in [6.07, 6.45) is 0.601. The summed E-state index contributed by atoms with van der Waals surface area (Å²) in [6, 6.07) is 7.03. The molecular weight excluding hydrogens is 318 g/mol. The number of rotatable bonds is 6. The second-order valence-corrected chi connectivity index (χ2v) is 6.97. The highest BCUT2D eigenvalue weighted by Gasteiger charge is 2.10. The van der Waals surface area contributed by atoms with Gasteiger partial charge in [0.15, 0.2) is 9.84 Å². The Hall–Kier alpha value is -1.06. The SMILES string of the molecule is CCCS(=O)(=O)CCOc1ccc(Br)cc1C#N. The van der Waals surface area contributed by atoms with Crippen LogP contribution in [0.3, 0.4) is 0 Å². The van der Waals surface area contributed by atoms with Gasteiger partial charge in [-0.15, -0.1) is 0 Å². The van der Waals surface area contributed by atoms with Gasteiger partial charge < -0.3 is 4.74 Å². The summed E-state index contributed by atoms with van der Waals surface area (Å²) in [4.78, 5) is 0. The van der Waals surface area contributed by atoms with Crippen molar-refractivity contribution in [1.82, 2.24) is 0 Å². The number of hydrogen-bond donors (Lipinski definition) is 0. The Morgan fingerprint density at radius 1 is 1.39 bits per heavy atom. The fourth-order valence-electron chi connectivity index (χ4n) is 1.41. The third-order valence-corrected chi connectivity index (χ3v) is 4.54. The van der Waals surface area contributed by atoms with Gasteiger partial charge in [-0.05, 0) is 24.6 Å². The molecule has 0 aliphatic rings. The Morgan fingerprint density at radius 2 is 2.11 bits per heavy atom. The van der Waals surface area contributed by atoms with E-state index < -0.39 is 9.84 Å². The van der Waals surface area contributed by atoms with Gasteiger partial charge >= 0.3 is 0 Å². The molecule has 0 heterocycles. The number of benzene rings is 1. The van der Waals surface area contributed by atoms with Crippen LogP contribution >= 0.6 is 15.9 Å². The largest absolute Gasteiger partial charge is 0.491 e. The molecule has 0 aromatic heterocycles. The van der Waals surface area contributed by atoms with Crippen LogP contribution in [0, 0.1) is 11.3 Å². The predicted octanol–water partition coefficient (Wildman–Crippen LogP) is 2.52. The Bertz CT molecular complexity index is 549. The van der Waals surface area contributed by atoms with Crippen LogP contribution in [-0.4, -0.2) is 26.5 Å². The van der Waals surface area contributed by atoms with Crippen molar-refractivity contribution in [2.45, 2.75) is 13.3 Å². The Kier molecular flexibility index (Phi) is 5.63. The van der Waals surface area contributed by atoms with E-state index in [2.05, 4.69) is 15.9 Å². The van der Waals surface area contributed by atoms with Crippen molar-refractivity contribution in [2.75, 3.05) is 18.1 Å². The molecule has 0 radical (unpaired) electrons. The monoisotopic (exact) mass is 331 g/mol. The lowest BCUT2D eigenvalue weighted by molar-refractivity contribution is 0.340. The maximum atomic E-state index is 11.5. The standard InChI is InChI=1S/C12H14BrNO3S/c1-2-6-18(15,16)7-5-17-12-4-3-11(13)8-10(12)9-14/h3-4,8H,2,5-7H2,1H3. The summed E-state index contributed by atoms with van der Waals surface area (Å²) in [5.74, 6) is 0.552. The first-order chi connectivity index (χ1) is 8.48. The van der Waals surface area contributed by atoms with E-state index in [0.29, 0.717) is 17.7 Å². The number of halogens is 1. The molecule has 0 aliphatic carbocycles. The smallest absolute Gasteiger partial charge is 0.153 e. The molecule has 0 saturated heterocycles. The first kappa shape index (κ1) is 15.0. The first-order valence-electron chi connectivity index (χ1n) is 5.51. The van der Waals surface area contributed by atoms with Gasteiger partial charge in [0.05, 0.1) is 17.1 Å². The third kappa shape index (κ3) is 4.67. The van der Waals surface area contributed by atoms with Crippen molar-refractivity contribution in [2.24, 2.45) is 0 Å². The molecule has 0 saturated carbocycles. The van der Waals surface area contributed by atoms with Gasteiger partial charge in [0, 0.05) is 4.47 Å². The minimum absolute atomic E-state index is 0.0260. The summed E-state index contributed by atoms with van der Waals surface area (Å²) >= 11 is 3.26. The molecule has 0 aliphatic heterocycles. The third-order valence-electron chi connectivity index (χ3n) is 2.23. The predicted molar refractivity (Wildman–Crippen MR) is 73.3 cm³/mol. The number of nitriles is 1. The second-order valence-electron chi connectivity index (χ2n) is 3.75. The molecular formula is C12H14BrNO3S. The van der Waals surface area contributed by atoms with Gasteiger partial charge in [-0.2, -0.15) is 5.26 Å². The molecule has 4 nitrogen and oxygen atoms in total. The molecule has 0 unspecified atom stereocenters. The minimum atomic E-state index is -3.05. The van der Waals surface area contributed by atoms with Crippen molar-refractivity contribution >= 4 is 25.8 Å². The summed E-state index contributed by atoms with van der Waals surface area (Å²) in [5, 5.41) is 8.92. The normalized spacial score (nSPS) is 10.9. The Labute approximate surface area is 116 Å². The van der Waals surface area contributed by atoms with Gasteiger partial charge in [-0.25, -0.2) is 8.42 Å². The van der Waals surface area contributed by atoms with Gasteiger partial charge in [0.25, 0.3) is 0 Å². The van der Waals surface area contributed by atoms with Crippen LogP contribution in [0.15, 0.2) is 22.7 Å². The fourth-order valence-corrected chi connectivity index (χ4v) is 2.93. The molecule has 0 fully saturated rings. The molecule has 98 valence electrons. The molecule has 0 bridgehead atoms. The van der Waals surface area contributed by atoms with Gasteiger partial charge in [0.2, 0.25) is 0 Å². The molecule has 6 heteroatoms. The van der Waals surface area contributed by atoms with Gasteiger partial charge in [-0.3, -0.25) is 0 Å². The highest BCUT2D eigenvalue weighted by molar-refractivity contribution is 9.10. The molecule has 0 spiro atoms. The summed E-state index contributed by atoms with van der Waals surface area (Å²) in [7, 11) is -3.05. The topological polar surface area (TPSA) is 67.2 Å². The lowest BCUT2D eigenvalue weighted by Crippen LogP contribution is -2.17. The van der Waals surface area contributed by atoms with Crippen molar-refractivity contribution < 1.29 is 13.2 Å². The molecule has 0 atom stereocenters. The van der Waals surface area contributed by atoms with E-state index in [4.69, 9.17) is 10.00 Å². The van der Waals surface area contributed by atoms with E-state index in [1.165, 1.54) is 0 Å². The van der Waals surface area contributed by atoms with Crippen molar-refractivity contribution in [3.63, 3.8) is 0 Å². The maximum absolute atomic E-state index is 11.5. The first-order valence-corrected chi connectivity index (χ1v) is 8.13. The zero-order valence-corrected chi connectivity index (χ0v) is 12.4. The number of ether oxygens (including phenoxy) is 1. The van der Waals surface area contributed by atoms with Crippen molar-refractivity contribution in [3.8, 4) is 11.8 Å². The van der Waals surface area contributed by atoms with E-state index in [0.717, 1.165) is 4.47 Å². The molecule has 1 aromatic carbocycles. The van der Waals surface area contributed by atoms with Crippen LogP contribution in [0.5, 0.6) is 5.75 Å². The summed E-state index contributed by atoms with van der Waals surface area (Å²) < 4.78 is 29.1. The minimum Gasteiger partial charge on any atom is -0.491 e. The van der Waals surface area contributed by atoms with Crippen LogP contribution in [0.25, 0.3) is 0 Å². The molecule has 0 amide bonds. The molecule has 0 N–H and O–H groups in total. The lowest BCUT2D eigenvalue weighted by Gasteiger charge is -2.08. The number of sulfone groups is 1. The quantitative estimate of drug-likeness (QED) is 0.803. The van der Waals surface area contributed by atoms with Crippen LogP contribution in [0.4, 0.5) is 0 Å². The zero-order valence-electron chi connectivity index (χ0n) is 10.0. The fraction of sp³-hybridized carbons (Fsp3) is 0.417. The van der Waals surface area contributed by atoms with Gasteiger partial charge in [0.1, 0.15) is 18.4 Å². The zero-order chi connectivity index (χ0) is 13.6.